The van der Waals surface area contributed by atoms with Crippen molar-refractivity contribution >= 4 is 44.1 Å². The van der Waals surface area contributed by atoms with E-state index in [1.54, 1.807) is 12.3 Å². The Kier molecular flexibility index (Phi) is 6.35. The number of rotatable bonds is 5. The van der Waals surface area contributed by atoms with E-state index in [1.807, 2.05) is 24.4 Å². The Morgan fingerprint density at radius 3 is 2.39 bits per heavy atom. The summed E-state index contributed by atoms with van der Waals surface area (Å²) < 4.78 is 40.3. The molecule has 5 rings (SSSR count). The lowest BCUT2D eigenvalue weighted by molar-refractivity contribution is 0.0733. The molecule has 0 saturated carbocycles. The molecule has 9 nitrogen and oxygen atoms in total. The smallest absolute Gasteiger partial charge is 0.301 e. The van der Waals surface area contributed by atoms with Crippen LogP contribution < -0.4 is 9.62 Å². The molecular formula is C22H24ClN5O4S. The quantitative estimate of drug-likeness (QED) is 0.550. The summed E-state index contributed by atoms with van der Waals surface area (Å²) in [5.41, 5.74) is 3.86. The second kappa shape index (κ2) is 9.40. The fourth-order valence-electron chi connectivity index (χ4n) is 4.06. The molecule has 4 heterocycles. The lowest BCUT2D eigenvalue weighted by atomic mass is 10.0. The number of halogens is 1. The van der Waals surface area contributed by atoms with Crippen molar-refractivity contribution in [3.8, 4) is 11.1 Å². The van der Waals surface area contributed by atoms with Gasteiger partial charge >= 0.3 is 10.2 Å². The third-order valence-electron chi connectivity index (χ3n) is 5.79. The summed E-state index contributed by atoms with van der Waals surface area (Å²) in [5, 5.41) is 1.11. The molecule has 1 aromatic carbocycles. The zero-order chi connectivity index (χ0) is 22.8. The Balaban J connectivity index is 1.48. The minimum absolute atomic E-state index is 0.0899. The number of pyridine rings is 2. The number of hydrogen-bond donors (Lipinski definition) is 1. The third-order valence-corrected chi connectivity index (χ3v) is 7.62. The van der Waals surface area contributed by atoms with Crippen LogP contribution in [0.4, 0.5) is 11.4 Å². The SMILES string of the molecule is O=S(=O)(Nc1cc(-c2ccc3nccc(N4CCOCC4)c3c2)cnc1Cl)N1CCOCC1. The van der Waals surface area contributed by atoms with Gasteiger partial charge in [-0.1, -0.05) is 17.7 Å². The van der Waals surface area contributed by atoms with Crippen LogP contribution in [-0.2, 0) is 19.7 Å². The number of anilines is 2. The predicted molar refractivity (Wildman–Crippen MR) is 128 cm³/mol. The van der Waals surface area contributed by atoms with Gasteiger partial charge in [-0.3, -0.25) is 9.71 Å². The van der Waals surface area contributed by atoms with E-state index in [2.05, 4.69) is 25.7 Å². The Labute approximate surface area is 197 Å². The van der Waals surface area contributed by atoms with Crippen molar-refractivity contribution in [1.29, 1.82) is 0 Å². The van der Waals surface area contributed by atoms with Crippen LogP contribution >= 0.6 is 11.6 Å². The van der Waals surface area contributed by atoms with Crippen molar-refractivity contribution in [1.82, 2.24) is 14.3 Å². The van der Waals surface area contributed by atoms with Crippen molar-refractivity contribution in [3.63, 3.8) is 0 Å². The van der Waals surface area contributed by atoms with E-state index in [-0.39, 0.29) is 10.8 Å². The molecular weight excluding hydrogens is 466 g/mol. The van der Waals surface area contributed by atoms with Crippen LogP contribution in [0.1, 0.15) is 0 Å². The largest absolute Gasteiger partial charge is 0.379 e. The summed E-state index contributed by atoms with van der Waals surface area (Å²) in [6.45, 7) is 4.34. The lowest BCUT2D eigenvalue weighted by Crippen LogP contribution is -2.43. The molecule has 2 aromatic heterocycles. The molecule has 1 N–H and O–H groups in total. The fraction of sp³-hybridized carbons (Fsp3) is 0.364. The Morgan fingerprint density at radius 2 is 1.64 bits per heavy atom. The maximum atomic E-state index is 12.8. The van der Waals surface area contributed by atoms with Gasteiger partial charge in [0, 0.05) is 55.2 Å². The molecule has 0 atom stereocenters. The lowest BCUT2D eigenvalue weighted by Gasteiger charge is -2.29. The number of ether oxygens (including phenoxy) is 2. The van der Waals surface area contributed by atoms with Crippen LogP contribution in [-0.4, -0.2) is 75.3 Å². The zero-order valence-corrected chi connectivity index (χ0v) is 19.5. The monoisotopic (exact) mass is 489 g/mol. The van der Waals surface area contributed by atoms with Crippen LogP contribution in [0.5, 0.6) is 0 Å². The van der Waals surface area contributed by atoms with Crippen molar-refractivity contribution in [2.45, 2.75) is 0 Å². The summed E-state index contributed by atoms with van der Waals surface area (Å²) in [5.74, 6) is 0. The second-order valence-corrected chi connectivity index (χ2v) is 9.87. The molecule has 0 spiro atoms. The molecule has 0 amide bonds. The van der Waals surface area contributed by atoms with E-state index >= 15 is 0 Å². The second-order valence-electron chi connectivity index (χ2n) is 7.84. The van der Waals surface area contributed by atoms with Gasteiger partial charge in [0.25, 0.3) is 0 Å². The van der Waals surface area contributed by atoms with Crippen LogP contribution in [0.2, 0.25) is 5.15 Å². The zero-order valence-electron chi connectivity index (χ0n) is 17.9. The van der Waals surface area contributed by atoms with Gasteiger partial charge in [-0.05, 0) is 29.8 Å². The Hall–Kier alpha value is -2.50. The van der Waals surface area contributed by atoms with Gasteiger partial charge in [0.1, 0.15) is 0 Å². The van der Waals surface area contributed by atoms with Crippen LogP contribution in [0.3, 0.4) is 0 Å². The summed E-state index contributed by atoms with van der Waals surface area (Å²) in [6.07, 6.45) is 3.45. The minimum Gasteiger partial charge on any atom is -0.379 e. The summed E-state index contributed by atoms with van der Waals surface area (Å²) in [7, 11) is -3.76. The highest BCUT2D eigenvalue weighted by Gasteiger charge is 2.25. The first-order chi connectivity index (χ1) is 16.0. The highest BCUT2D eigenvalue weighted by atomic mass is 35.5. The molecule has 2 aliphatic heterocycles. The number of morpholine rings is 2. The maximum absolute atomic E-state index is 12.8. The van der Waals surface area contributed by atoms with Crippen molar-refractivity contribution in [3.05, 3.63) is 47.9 Å². The van der Waals surface area contributed by atoms with E-state index in [9.17, 15) is 8.42 Å². The average molecular weight is 490 g/mol. The molecule has 3 aromatic rings. The first kappa shape index (κ1) is 22.3. The van der Waals surface area contributed by atoms with Crippen molar-refractivity contribution in [2.75, 3.05) is 62.2 Å². The molecule has 33 heavy (non-hydrogen) atoms. The molecule has 0 radical (unpaired) electrons. The normalized spacial score (nSPS) is 17.9. The summed E-state index contributed by atoms with van der Waals surface area (Å²) in [6, 6.07) is 9.68. The van der Waals surface area contributed by atoms with Gasteiger partial charge in [0.2, 0.25) is 0 Å². The highest BCUT2D eigenvalue weighted by Crippen LogP contribution is 2.33. The van der Waals surface area contributed by atoms with Gasteiger partial charge in [0.15, 0.2) is 5.15 Å². The first-order valence-electron chi connectivity index (χ1n) is 10.7. The van der Waals surface area contributed by atoms with E-state index in [0.717, 1.165) is 40.8 Å². The molecule has 174 valence electrons. The number of benzene rings is 1. The molecule has 2 aliphatic rings. The molecule has 11 heteroatoms. The molecule has 2 saturated heterocycles. The van der Waals surface area contributed by atoms with Gasteiger partial charge in [-0.15, -0.1) is 0 Å². The number of fused-ring (bicyclic) bond motifs is 1. The van der Waals surface area contributed by atoms with E-state index < -0.39 is 10.2 Å². The van der Waals surface area contributed by atoms with Gasteiger partial charge in [-0.2, -0.15) is 12.7 Å². The number of aromatic nitrogens is 2. The van der Waals surface area contributed by atoms with E-state index in [0.29, 0.717) is 39.5 Å². The maximum Gasteiger partial charge on any atom is 0.301 e. The topological polar surface area (TPSA) is 96.9 Å². The molecule has 2 fully saturated rings. The minimum atomic E-state index is -3.76. The average Bonchev–Trinajstić information content (AvgIpc) is 2.85. The van der Waals surface area contributed by atoms with Gasteiger partial charge in [0.05, 0.1) is 37.6 Å². The molecule has 0 unspecified atom stereocenters. The van der Waals surface area contributed by atoms with Crippen molar-refractivity contribution < 1.29 is 17.9 Å². The fourth-order valence-corrected chi connectivity index (χ4v) is 5.46. The van der Waals surface area contributed by atoms with Gasteiger partial charge in [-0.25, -0.2) is 4.98 Å². The summed E-state index contributed by atoms with van der Waals surface area (Å²) in [4.78, 5) is 11.0. The molecule has 0 aliphatic carbocycles. The van der Waals surface area contributed by atoms with Crippen molar-refractivity contribution in [2.24, 2.45) is 0 Å². The molecule has 0 bridgehead atoms. The standard InChI is InChI=1S/C22H24ClN5O4S/c23-22-20(26-33(29,30)28-7-11-32-12-8-28)14-17(15-25-22)16-1-2-19-18(13-16)21(3-4-24-19)27-5-9-31-10-6-27/h1-4,13-15,26H,5-12H2. The van der Waals surface area contributed by atoms with E-state index in [4.69, 9.17) is 21.1 Å². The van der Waals surface area contributed by atoms with Gasteiger partial charge < -0.3 is 14.4 Å². The first-order valence-corrected chi connectivity index (χ1v) is 12.6. The Morgan fingerprint density at radius 1 is 0.909 bits per heavy atom. The number of hydrogen-bond acceptors (Lipinski definition) is 7. The van der Waals surface area contributed by atoms with Crippen LogP contribution in [0, 0.1) is 0 Å². The summed E-state index contributed by atoms with van der Waals surface area (Å²) >= 11 is 6.24. The highest BCUT2D eigenvalue weighted by molar-refractivity contribution is 7.90. The van der Waals surface area contributed by atoms with E-state index in [1.165, 1.54) is 4.31 Å². The van der Waals surface area contributed by atoms with Crippen LogP contribution in [0.25, 0.3) is 22.0 Å². The number of nitrogens with one attached hydrogen (secondary N) is 1. The van der Waals surface area contributed by atoms with Crippen LogP contribution in [0.15, 0.2) is 42.7 Å². The third kappa shape index (κ3) is 4.75. The number of nitrogens with zero attached hydrogens (tertiary/aromatic N) is 4. The predicted octanol–water partition coefficient (Wildman–Crippen LogP) is 2.78. The Bertz CT molecular complexity index is 1260.